The van der Waals surface area contributed by atoms with Gasteiger partial charge in [-0.3, -0.25) is 4.79 Å². The van der Waals surface area contributed by atoms with Crippen LogP contribution < -0.4 is 19.5 Å². The van der Waals surface area contributed by atoms with Crippen LogP contribution in [0.3, 0.4) is 0 Å². The first-order valence-electron chi connectivity index (χ1n) is 15.4. The minimum Gasteiger partial charge on any atom is -0.497 e. The maximum absolute atomic E-state index is 14.4. The zero-order chi connectivity index (χ0) is 32.2. The molecule has 1 aliphatic rings. The second-order valence-electron chi connectivity index (χ2n) is 10.9. The molecule has 0 bridgehead atoms. The van der Waals surface area contributed by atoms with Crippen LogP contribution in [-0.4, -0.2) is 56.4 Å². The second kappa shape index (κ2) is 15.8. The number of carbonyl (C=O) groups excluding carboxylic acids is 1. The molecule has 1 heterocycles. The number of amides is 1. The van der Waals surface area contributed by atoms with E-state index < -0.39 is 11.6 Å². The highest BCUT2D eigenvalue weighted by atomic mass is 16.5. The fourth-order valence-corrected chi connectivity index (χ4v) is 5.32. The van der Waals surface area contributed by atoms with Gasteiger partial charge in [-0.1, -0.05) is 66.7 Å². The van der Waals surface area contributed by atoms with E-state index in [-0.39, 0.29) is 12.5 Å². The molecule has 0 aliphatic carbocycles. The van der Waals surface area contributed by atoms with Crippen LogP contribution in [-0.2, 0) is 16.0 Å². The lowest BCUT2D eigenvalue weighted by atomic mass is 9.84. The van der Waals surface area contributed by atoms with E-state index >= 15 is 0 Å². The van der Waals surface area contributed by atoms with Gasteiger partial charge in [-0.25, -0.2) is 4.99 Å². The summed E-state index contributed by atoms with van der Waals surface area (Å²) in [7, 11) is 3.25. The first-order valence-corrected chi connectivity index (χ1v) is 15.4. The Balaban J connectivity index is 1.48. The minimum absolute atomic E-state index is 0.0668. The molecule has 0 saturated heterocycles. The zero-order valence-electron chi connectivity index (χ0n) is 26.2. The Morgan fingerprint density at radius 2 is 1.65 bits per heavy atom. The van der Waals surface area contributed by atoms with Crippen molar-refractivity contribution in [2.45, 2.75) is 30.9 Å². The van der Waals surface area contributed by atoms with Crippen molar-refractivity contribution in [3.63, 3.8) is 0 Å². The number of rotatable bonds is 15. The van der Waals surface area contributed by atoms with E-state index in [0.29, 0.717) is 49.8 Å². The Labute approximate surface area is 270 Å². The summed E-state index contributed by atoms with van der Waals surface area (Å²) in [5.41, 5.74) is 2.30. The summed E-state index contributed by atoms with van der Waals surface area (Å²) in [6.07, 6.45) is 4.75. The summed E-state index contributed by atoms with van der Waals surface area (Å²) in [5.74, 6) is 2.26. The van der Waals surface area contributed by atoms with Gasteiger partial charge < -0.3 is 29.4 Å². The summed E-state index contributed by atoms with van der Waals surface area (Å²) < 4.78 is 23.1. The lowest BCUT2D eigenvalue weighted by Gasteiger charge is -2.30. The molecule has 238 valence electrons. The molecule has 8 nitrogen and oxygen atoms in total. The van der Waals surface area contributed by atoms with Crippen molar-refractivity contribution in [2.24, 2.45) is 4.99 Å². The first kappa shape index (κ1) is 32.3. The molecule has 0 fully saturated rings. The molecular weight excluding hydrogens is 580 g/mol. The molecule has 4 aromatic rings. The zero-order valence-corrected chi connectivity index (χ0v) is 26.2. The number of hydrogen-bond donors (Lipinski definition) is 2. The number of aliphatic hydroxyl groups is 1. The van der Waals surface area contributed by atoms with Crippen LogP contribution in [0.15, 0.2) is 114 Å². The fraction of sp³-hybridized carbons (Fsp3) is 0.263. The molecular formula is C38H40N2O6. The molecule has 0 aromatic heterocycles. The van der Waals surface area contributed by atoms with Crippen LogP contribution in [0, 0.1) is 0 Å². The number of nitrogens with zero attached hydrogens (tertiary/aromatic N) is 1. The van der Waals surface area contributed by atoms with Gasteiger partial charge in [-0.2, -0.15) is 0 Å². The smallest absolute Gasteiger partial charge is 0.252 e. The summed E-state index contributed by atoms with van der Waals surface area (Å²) in [4.78, 5) is 19.5. The van der Waals surface area contributed by atoms with Gasteiger partial charge in [0.1, 0.15) is 17.2 Å². The molecule has 1 amide bonds. The quantitative estimate of drug-likeness (QED) is 0.154. The Hall–Kier alpha value is -5.08. The number of nitrogens with one attached hydrogen (secondary N) is 1. The van der Waals surface area contributed by atoms with Crippen LogP contribution in [0.2, 0.25) is 0 Å². The maximum atomic E-state index is 14.4. The van der Waals surface area contributed by atoms with Crippen molar-refractivity contribution in [2.75, 3.05) is 34.0 Å². The number of benzene rings is 4. The third kappa shape index (κ3) is 7.95. The topological polar surface area (TPSA) is 98.6 Å². The van der Waals surface area contributed by atoms with Crippen molar-refractivity contribution < 1.29 is 28.8 Å². The highest BCUT2D eigenvalue weighted by Crippen LogP contribution is 2.43. The van der Waals surface area contributed by atoms with Crippen LogP contribution in [0.5, 0.6) is 17.2 Å². The fourth-order valence-electron chi connectivity index (χ4n) is 5.32. The highest BCUT2D eigenvalue weighted by molar-refractivity contribution is 6.01. The highest BCUT2D eigenvalue weighted by Gasteiger charge is 2.52. The van der Waals surface area contributed by atoms with Gasteiger partial charge in [0.15, 0.2) is 11.6 Å². The lowest BCUT2D eigenvalue weighted by Crippen LogP contribution is -2.48. The van der Waals surface area contributed by atoms with Gasteiger partial charge in [0, 0.05) is 31.6 Å². The summed E-state index contributed by atoms with van der Waals surface area (Å²) in [6, 6.07) is 32.8. The van der Waals surface area contributed by atoms with E-state index in [1.807, 2.05) is 115 Å². The van der Waals surface area contributed by atoms with E-state index in [0.717, 1.165) is 28.0 Å². The van der Waals surface area contributed by atoms with Crippen LogP contribution in [0.1, 0.15) is 41.2 Å². The minimum atomic E-state index is -1.30. The molecule has 1 aliphatic heterocycles. The number of hydrogen-bond acceptors (Lipinski definition) is 7. The third-order valence-electron chi connectivity index (χ3n) is 7.82. The first-order chi connectivity index (χ1) is 22.5. The molecule has 2 atom stereocenters. The lowest BCUT2D eigenvalue weighted by molar-refractivity contribution is -0.128. The van der Waals surface area contributed by atoms with Gasteiger partial charge in [-0.05, 0) is 71.6 Å². The summed E-state index contributed by atoms with van der Waals surface area (Å²) in [5, 5.41) is 12.2. The molecule has 0 unspecified atom stereocenters. The second-order valence-corrected chi connectivity index (χ2v) is 10.9. The van der Waals surface area contributed by atoms with Crippen molar-refractivity contribution in [1.82, 2.24) is 5.32 Å². The van der Waals surface area contributed by atoms with Crippen LogP contribution in [0.4, 0.5) is 0 Å². The monoisotopic (exact) mass is 620 g/mol. The maximum Gasteiger partial charge on any atom is 0.252 e. The van der Waals surface area contributed by atoms with E-state index in [9.17, 15) is 4.79 Å². The molecule has 5 rings (SSSR count). The summed E-state index contributed by atoms with van der Waals surface area (Å²) >= 11 is 0. The van der Waals surface area contributed by atoms with Gasteiger partial charge in [0.25, 0.3) is 5.91 Å². The summed E-state index contributed by atoms with van der Waals surface area (Å²) in [6.45, 7) is 0.904. The third-order valence-corrected chi connectivity index (χ3v) is 7.82. The molecule has 2 N–H and O–H groups in total. The number of carbonyl (C=O) groups is 1. The van der Waals surface area contributed by atoms with Crippen molar-refractivity contribution in [3.8, 4) is 17.2 Å². The normalized spacial score (nSPS) is 17.3. The van der Waals surface area contributed by atoms with Crippen molar-refractivity contribution >= 4 is 17.9 Å². The van der Waals surface area contributed by atoms with Crippen molar-refractivity contribution in [1.29, 1.82) is 0 Å². The van der Waals surface area contributed by atoms with Gasteiger partial charge in [0.2, 0.25) is 5.90 Å². The largest absolute Gasteiger partial charge is 0.497 e. The Morgan fingerprint density at radius 3 is 2.37 bits per heavy atom. The van der Waals surface area contributed by atoms with E-state index in [4.69, 9.17) is 29.0 Å². The average Bonchev–Trinajstić information content (AvgIpc) is 3.50. The van der Waals surface area contributed by atoms with Crippen LogP contribution >= 0.6 is 0 Å². The van der Waals surface area contributed by atoms with Gasteiger partial charge in [-0.15, -0.1) is 0 Å². The number of aliphatic imine (C=N–C) groups is 1. The molecule has 4 aromatic carbocycles. The molecule has 0 saturated carbocycles. The predicted octanol–water partition coefficient (Wildman–Crippen LogP) is 6.18. The Morgan fingerprint density at radius 1 is 0.913 bits per heavy atom. The van der Waals surface area contributed by atoms with Crippen molar-refractivity contribution in [3.05, 3.63) is 131 Å². The van der Waals surface area contributed by atoms with Gasteiger partial charge in [0.05, 0.1) is 20.8 Å². The van der Waals surface area contributed by atoms with E-state index in [1.165, 1.54) is 0 Å². The molecule has 46 heavy (non-hydrogen) atoms. The van der Waals surface area contributed by atoms with Gasteiger partial charge >= 0.3 is 0 Å². The molecule has 0 radical (unpaired) electrons. The SMILES string of the molecule is COc1ccc(CCNC(=O)[C@]2(C/C=C/c3ccccc3)N=C(c3ccc(OCCCO)cc3)O[C@@H]2c2cccc(OC)c2)cc1. The van der Waals surface area contributed by atoms with Crippen LogP contribution in [0.25, 0.3) is 6.08 Å². The molecule has 8 heteroatoms. The van der Waals surface area contributed by atoms with E-state index in [1.54, 1.807) is 14.2 Å². The number of aliphatic hydroxyl groups excluding tert-OH is 1. The standard InChI is InChI=1S/C38H40N2O6/c1-43-32-18-14-29(15-19-32)22-24-39-37(42)38(23-7-11-28-9-4-3-5-10-28)35(31-12-6-13-34(27-31)44-2)46-36(40-38)30-16-20-33(21-17-30)45-26-8-25-41/h3-7,9-21,27,35,41H,8,22-26H2,1-2H3,(H,39,42)/b11-7+/t35-,38-/m1/s1. The number of methoxy groups -OCH3 is 2. The molecule has 0 spiro atoms. The average molecular weight is 621 g/mol. The Kier molecular flexibility index (Phi) is 11.1. The van der Waals surface area contributed by atoms with E-state index in [2.05, 4.69) is 5.32 Å². The predicted molar refractivity (Wildman–Crippen MR) is 180 cm³/mol. The number of ether oxygens (including phenoxy) is 4. The Bertz CT molecular complexity index is 1620.